The second-order valence-electron chi connectivity index (χ2n) is 5.52. The fourth-order valence-electron chi connectivity index (χ4n) is 2.71. The lowest BCUT2D eigenvalue weighted by Crippen LogP contribution is -1.95. The number of aryl methyl sites for hydroxylation is 1. The van der Waals surface area contributed by atoms with Crippen molar-refractivity contribution in [3.63, 3.8) is 0 Å². The van der Waals surface area contributed by atoms with Crippen LogP contribution in [0.3, 0.4) is 0 Å². The first kappa shape index (κ1) is 16.3. The highest BCUT2D eigenvalue weighted by Gasteiger charge is 2.04. The molecule has 0 radical (unpaired) electrons. The van der Waals surface area contributed by atoms with Gasteiger partial charge in [-0.05, 0) is 48.4 Å². The zero-order valence-corrected chi connectivity index (χ0v) is 14.0. The summed E-state index contributed by atoms with van der Waals surface area (Å²) in [6.45, 7) is 6.18. The molecule has 2 aromatic rings. The van der Waals surface area contributed by atoms with E-state index in [-0.39, 0.29) is 0 Å². The summed E-state index contributed by atoms with van der Waals surface area (Å²) in [7, 11) is 0. The molecule has 3 rings (SSSR count). The predicted molar refractivity (Wildman–Crippen MR) is 98.2 cm³/mol. The molecule has 0 saturated heterocycles. The summed E-state index contributed by atoms with van der Waals surface area (Å²) in [6, 6.07) is 17.6. The lowest BCUT2D eigenvalue weighted by molar-refractivity contribution is 0.983. The van der Waals surface area contributed by atoms with Gasteiger partial charge in [0.15, 0.2) is 0 Å². The normalized spacial score (nSPS) is 17.0. The van der Waals surface area contributed by atoms with E-state index in [0.717, 1.165) is 19.3 Å². The Morgan fingerprint density at radius 2 is 1.64 bits per heavy atom. The zero-order chi connectivity index (χ0) is 15.8. The standard InChI is InChI=1S/C20H20.C2H6/c1-16-6-5-9-19-13-11-18(15-20(19)12-10-16)14-17-7-3-2-4-8-17;1-2/h2-4,6-8,10-13,15H,5,9,14H2,1H3;1-2H3/b12-10+,16-6+;. The molecule has 0 bridgehead atoms. The van der Waals surface area contributed by atoms with Crippen LogP contribution in [0.1, 0.15) is 49.4 Å². The van der Waals surface area contributed by atoms with E-state index in [0.29, 0.717) is 0 Å². The van der Waals surface area contributed by atoms with Crippen LogP contribution in [0.25, 0.3) is 6.08 Å². The van der Waals surface area contributed by atoms with E-state index in [1.165, 1.54) is 27.8 Å². The Morgan fingerprint density at radius 1 is 0.864 bits per heavy atom. The summed E-state index contributed by atoms with van der Waals surface area (Å²) in [4.78, 5) is 0. The molecular formula is C22H26. The minimum Gasteiger partial charge on any atom is -0.0813 e. The maximum atomic E-state index is 2.34. The van der Waals surface area contributed by atoms with Gasteiger partial charge in [-0.1, -0.05) is 86.2 Å². The highest BCUT2D eigenvalue weighted by Crippen LogP contribution is 2.21. The van der Waals surface area contributed by atoms with Crippen molar-refractivity contribution in [2.24, 2.45) is 0 Å². The molecule has 0 aromatic heterocycles. The molecule has 0 amide bonds. The van der Waals surface area contributed by atoms with Gasteiger partial charge in [0.25, 0.3) is 0 Å². The number of rotatable bonds is 2. The van der Waals surface area contributed by atoms with Gasteiger partial charge >= 0.3 is 0 Å². The van der Waals surface area contributed by atoms with Crippen molar-refractivity contribution in [2.45, 2.75) is 40.0 Å². The van der Waals surface area contributed by atoms with Crippen LogP contribution >= 0.6 is 0 Å². The van der Waals surface area contributed by atoms with E-state index in [4.69, 9.17) is 0 Å². The van der Waals surface area contributed by atoms with Crippen LogP contribution in [0.2, 0.25) is 0 Å². The number of allylic oxidation sites excluding steroid dienone is 3. The smallest absolute Gasteiger partial charge is 0.00256 e. The van der Waals surface area contributed by atoms with Gasteiger partial charge in [0.05, 0.1) is 0 Å². The highest BCUT2D eigenvalue weighted by atomic mass is 14.1. The van der Waals surface area contributed by atoms with Crippen molar-refractivity contribution in [3.05, 3.63) is 88.5 Å². The minimum absolute atomic E-state index is 1.01. The van der Waals surface area contributed by atoms with Crippen LogP contribution < -0.4 is 0 Å². The molecule has 0 fully saturated rings. The van der Waals surface area contributed by atoms with Crippen LogP contribution in [0.4, 0.5) is 0 Å². The van der Waals surface area contributed by atoms with E-state index in [9.17, 15) is 0 Å². The molecular weight excluding hydrogens is 264 g/mol. The minimum atomic E-state index is 1.01. The fraction of sp³-hybridized carbons (Fsp3) is 0.273. The molecule has 1 aliphatic carbocycles. The van der Waals surface area contributed by atoms with Crippen molar-refractivity contribution < 1.29 is 0 Å². The Hall–Kier alpha value is -2.08. The Morgan fingerprint density at radius 3 is 2.41 bits per heavy atom. The van der Waals surface area contributed by atoms with E-state index < -0.39 is 0 Å². The van der Waals surface area contributed by atoms with Crippen LogP contribution in [0.15, 0.2) is 66.3 Å². The van der Waals surface area contributed by atoms with Crippen LogP contribution in [-0.2, 0) is 12.8 Å². The predicted octanol–water partition coefficient (Wildman–Crippen LogP) is 6.21. The lowest BCUT2D eigenvalue weighted by Gasteiger charge is -2.11. The maximum absolute atomic E-state index is 2.34. The molecule has 0 N–H and O–H groups in total. The van der Waals surface area contributed by atoms with Crippen molar-refractivity contribution in [2.75, 3.05) is 0 Å². The third-order valence-corrected chi connectivity index (χ3v) is 3.87. The Bertz CT molecular complexity index is 645. The first-order chi connectivity index (χ1) is 10.8. The Labute approximate surface area is 135 Å². The van der Waals surface area contributed by atoms with Gasteiger partial charge in [0.2, 0.25) is 0 Å². The topological polar surface area (TPSA) is 0 Å². The number of hydrogen-bond acceptors (Lipinski definition) is 0. The quantitative estimate of drug-likeness (QED) is 0.617. The van der Waals surface area contributed by atoms with Gasteiger partial charge in [0, 0.05) is 0 Å². The number of hydrogen-bond donors (Lipinski definition) is 0. The number of fused-ring (bicyclic) bond motifs is 1. The first-order valence-corrected chi connectivity index (χ1v) is 8.32. The molecule has 0 aliphatic heterocycles. The molecule has 0 atom stereocenters. The van der Waals surface area contributed by atoms with Gasteiger partial charge in [-0.2, -0.15) is 0 Å². The number of benzene rings is 2. The van der Waals surface area contributed by atoms with Crippen molar-refractivity contribution in [3.8, 4) is 0 Å². The summed E-state index contributed by atoms with van der Waals surface area (Å²) < 4.78 is 0. The molecule has 0 heteroatoms. The van der Waals surface area contributed by atoms with Gasteiger partial charge in [-0.3, -0.25) is 0 Å². The van der Waals surface area contributed by atoms with Gasteiger partial charge in [0.1, 0.15) is 0 Å². The summed E-state index contributed by atoms with van der Waals surface area (Å²) in [5, 5.41) is 0. The zero-order valence-electron chi connectivity index (χ0n) is 14.0. The molecule has 2 aromatic carbocycles. The third-order valence-electron chi connectivity index (χ3n) is 3.87. The summed E-state index contributed by atoms with van der Waals surface area (Å²) in [6.07, 6.45) is 10.1. The Balaban J connectivity index is 0.000000847. The van der Waals surface area contributed by atoms with Gasteiger partial charge in [-0.25, -0.2) is 0 Å². The first-order valence-electron chi connectivity index (χ1n) is 8.32. The monoisotopic (exact) mass is 290 g/mol. The van der Waals surface area contributed by atoms with Crippen molar-refractivity contribution in [1.82, 2.24) is 0 Å². The van der Waals surface area contributed by atoms with Crippen LogP contribution in [-0.4, -0.2) is 0 Å². The van der Waals surface area contributed by atoms with Gasteiger partial charge < -0.3 is 0 Å². The average molecular weight is 290 g/mol. The molecule has 0 saturated carbocycles. The fourth-order valence-corrected chi connectivity index (χ4v) is 2.71. The molecule has 22 heavy (non-hydrogen) atoms. The molecule has 0 nitrogen and oxygen atoms in total. The second kappa shape index (κ2) is 8.38. The maximum Gasteiger partial charge on any atom is -0.00256 e. The van der Waals surface area contributed by atoms with E-state index in [1.807, 2.05) is 13.8 Å². The molecule has 0 spiro atoms. The van der Waals surface area contributed by atoms with E-state index in [2.05, 4.69) is 73.7 Å². The largest absolute Gasteiger partial charge is 0.0813 e. The lowest BCUT2D eigenvalue weighted by atomic mass is 9.94. The van der Waals surface area contributed by atoms with E-state index >= 15 is 0 Å². The molecule has 1 aliphatic rings. The van der Waals surface area contributed by atoms with Crippen molar-refractivity contribution >= 4 is 6.08 Å². The third kappa shape index (κ3) is 4.46. The molecule has 0 heterocycles. The van der Waals surface area contributed by atoms with Crippen LogP contribution in [0.5, 0.6) is 0 Å². The summed E-state index contributed by atoms with van der Waals surface area (Å²) >= 11 is 0. The highest BCUT2D eigenvalue weighted by molar-refractivity contribution is 5.58. The second-order valence-corrected chi connectivity index (χ2v) is 5.52. The summed E-state index contributed by atoms with van der Waals surface area (Å²) in [5.74, 6) is 0. The SMILES string of the molecule is CC.CC1=C\CCc2ccc(Cc3ccccc3)cc2\C=C\1. The van der Waals surface area contributed by atoms with E-state index in [1.54, 1.807) is 0 Å². The molecule has 0 unspecified atom stereocenters. The summed E-state index contributed by atoms with van der Waals surface area (Å²) in [5.41, 5.74) is 6.97. The molecule has 114 valence electrons. The average Bonchev–Trinajstić information content (AvgIpc) is 2.55. The van der Waals surface area contributed by atoms with Crippen molar-refractivity contribution in [1.29, 1.82) is 0 Å². The van der Waals surface area contributed by atoms with Crippen LogP contribution in [0, 0.1) is 0 Å². The van der Waals surface area contributed by atoms with Gasteiger partial charge in [-0.15, -0.1) is 0 Å². The Kier molecular flexibility index (Phi) is 6.21.